The second-order valence-corrected chi connectivity index (χ2v) is 6.54. The molecule has 1 aliphatic heterocycles. The Kier molecular flexibility index (Phi) is 8.13. The minimum atomic E-state index is -0.471. The second kappa shape index (κ2) is 8.29. The number of thiazole rings is 1. The normalized spacial score (nSPS) is 18.4. The number of hydrogen-bond acceptors (Lipinski definition) is 5. The maximum atomic E-state index is 12.2. The molecule has 1 unspecified atom stereocenters. The SMILES string of the molecule is Cc1nc(C(C)(C)NC(=O)C2CNCCO2)sc1C.Cl.Cl. The Morgan fingerprint density at radius 3 is 2.57 bits per heavy atom. The molecule has 21 heavy (non-hydrogen) atoms. The van der Waals surface area contributed by atoms with Crippen LogP contribution in [0.4, 0.5) is 0 Å². The van der Waals surface area contributed by atoms with E-state index in [0.717, 1.165) is 17.2 Å². The summed E-state index contributed by atoms with van der Waals surface area (Å²) in [5.74, 6) is -0.0808. The second-order valence-electron chi connectivity index (χ2n) is 5.34. The molecule has 1 fully saturated rings. The number of morpholine rings is 1. The van der Waals surface area contributed by atoms with Gasteiger partial charge >= 0.3 is 0 Å². The molecular weight excluding hydrogens is 333 g/mol. The zero-order valence-corrected chi connectivity index (χ0v) is 15.1. The van der Waals surface area contributed by atoms with Crippen molar-refractivity contribution in [3.05, 3.63) is 15.6 Å². The number of nitrogens with one attached hydrogen (secondary N) is 2. The first kappa shape index (κ1) is 20.6. The van der Waals surface area contributed by atoms with Gasteiger partial charge in [-0.25, -0.2) is 4.98 Å². The van der Waals surface area contributed by atoms with Gasteiger partial charge in [0.2, 0.25) is 0 Å². The van der Waals surface area contributed by atoms with E-state index >= 15 is 0 Å². The highest BCUT2D eigenvalue weighted by Crippen LogP contribution is 2.27. The standard InChI is InChI=1S/C13H21N3O2S.2ClH/c1-8-9(2)19-12(15-8)13(3,4)16-11(17)10-7-14-5-6-18-10;;/h10,14H,5-7H2,1-4H3,(H,16,17);2*1H. The number of halogens is 2. The molecule has 5 nitrogen and oxygen atoms in total. The lowest BCUT2D eigenvalue weighted by molar-refractivity contribution is -0.136. The van der Waals surface area contributed by atoms with Crippen LogP contribution in [0.15, 0.2) is 0 Å². The van der Waals surface area contributed by atoms with Crippen LogP contribution in [0.1, 0.15) is 29.4 Å². The molecule has 122 valence electrons. The fourth-order valence-corrected chi connectivity index (χ4v) is 2.89. The number of hydrogen-bond donors (Lipinski definition) is 2. The van der Waals surface area contributed by atoms with E-state index in [9.17, 15) is 4.79 Å². The molecule has 1 aromatic rings. The first-order valence-electron chi connectivity index (χ1n) is 6.49. The van der Waals surface area contributed by atoms with Crippen molar-refractivity contribution in [3.8, 4) is 0 Å². The fourth-order valence-electron chi connectivity index (χ4n) is 1.92. The lowest BCUT2D eigenvalue weighted by Crippen LogP contribution is -2.52. The number of ether oxygens (including phenoxy) is 1. The molecule has 0 bridgehead atoms. The number of nitrogens with zero attached hydrogens (tertiary/aromatic N) is 1. The van der Waals surface area contributed by atoms with E-state index < -0.39 is 11.6 Å². The van der Waals surface area contributed by atoms with Crippen molar-refractivity contribution in [2.24, 2.45) is 0 Å². The monoisotopic (exact) mass is 355 g/mol. The van der Waals surface area contributed by atoms with Gasteiger partial charge < -0.3 is 15.4 Å². The Hall–Kier alpha value is -0.400. The third kappa shape index (κ3) is 5.07. The van der Waals surface area contributed by atoms with Gasteiger partial charge in [0.15, 0.2) is 0 Å². The maximum Gasteiger partial charge on any atom is 0.251 e. The lowest BCUT2D eigenvalue weighted by atomic mass is 10.1. The van der Waals surface area contributed by atoms with Crippen LogP contribution in [0, 0.1) is 13.8 Å². The summed E-state index contributed by atoms with van der Waals surface area (Å²) in [4.78, 5) is 17.9. The zero-order chi connectivity index (χ0) is 14.0. The number of aromatic nitrogens is 1. The maximum absolute atomic E-state index is 12.2. The molecule has 0 radical (unpaired) electrons. The van der Waals surface area contributed by atoms with E-state index in [2.05, 4.69) is 15.6 Å². The van der Waals surface area contributed by atoms with Gasteiger partial charge in [-0.05, 0) is 27.7 Å². The molecule has 0 saturated carbocycles. The third-order valence-electron chi connectivity index (χ3n) is 3.22. The van der Waals surface area contributed by atoms with E-state index in [1.165, 1.54) is 4.88 Å². The van der Waals surface area contributed by atoms with E-state index in [1.807, 2.05) is 27.7 Å². The molecule has 0 aromatic carbocycles. The van der Waals surface area contributed by atoms with Gasteiger partial charge in [-0.1, -0.05) is 0 Å². The van der Waals surface area contributed by atoms with E-state index in [4.69, 9.17) is 4.74 Å². The highest BCUT2D eigenvalue weighted by Gasteiger charge is 2.31. The zero-order valence-electron chi connectivity index (χ0n) is 12.7. The quantitative estimate of drug-likeness (QED) is 0.869. The molecule has 0 spiro atoms. The predicted molar refractivity (Wildman–Crippen MR) is 89.9 cm³/mol. The summed E-state index contributed by atoms with van der Waals surface area (Å²) in [7, 11) is 0. The number of rotatable bonds is 3. The lowest BCUT2D eigenvalue weighted by Gasteiger charge is -2.29. The minimum absolute atomic E-state index is 0. The van der Waals surface area contributed by atoms with Crippen LogP contribution >= 0.6 is 36.2 Å². The van der Waals surface area contributed by atoms with Gasteiger partial charge in [0.1, 0.15) is 11.1 Å². The molecule has 2 heterocycles. The molecule has 8 heteroatoms. The summed E-state index contributed by atoms with van der Waals surface area (Å²) in [6.45, 7) is 9.92. The number of carbonyl (C=O) groups excluding carboxylic acids is 1. The summed E-state index contributed by atoms with van der Waals surface area (Å²) >= 11 is 1.63. The summed E-state index contributed by atoms with van der Waals surface area (Å²) in [5.41, 5.74) is 0.555. The number of carbonyl (C=O) groups is 1. The van der Waals surface area contributed by atoms with Gasteiger partial charge in [0.25, 0.3) is 5.91 Å². The van der Waals surface area contributed by atoms with E-state index in [1.54, 1.807) is 11.3 Å². The van der Waals surface area contributed by atoms with Crippen molar-refractivity contribution in [2.45, 2.75) is 39.3 Å². The average molecular weight is 356 g/mol. The Labute approximate surface area is 142 Å². The third-order valence-corrected chi connectivity index (χ3v) is 4.62. The molecule has 1 aromatic heterocycles. The van der Waals surface area contributed by atoms with Crippen molar-refractivity contribution in [2.75, 3.05) is 19.7 Å². The first-order valence-corrected chi connectivity index (χ1v) is 7.30. The van der Waals surface area contributed by atoms with Crippen molar-refractivity contribution in [1.29, 1.82) is 0 Å². The highest BCUT2D eigenvalue weighted by atomic mass is 35.5. The van der Waals surface area contributed by atoms with Crippen molar-refractivity contribution in [3.63, 3.8) is 0 Å². The Balaban J connectivity index is 0.00000200. The van der Waals surface area contributed by atoms with Crippen molar-refractivity contribution in [1.82, 2.24) is 15.6 Å². The topological polar surface area (TPSA) is 63.2 Å². The van der Waals surface area contributed by atoms with Crippen LogP contribution < -0.4 is 10.6 Å². The van der Waals surface area contributed by atoms with Gasteiger partial charge in [-0.15, -0.1) is 36.2 Å². The van der Waals surface area contributed by atoms with Crippen LogP contribution in [0.25, 0.3) is 0 Å². The molecule has 1 amide bonds. The molecular formula is C13H23Cl2N3O2S. The summed E-state index contributed by atoms with van der Waals surface area (Å²) < 4.78 is 5.46. The van der Waals surface area contributed by atoms with Gasteiger partial charge in [-0.2, -0.15) is 0 Å². The fraction of sp³-hybridized carbons (Fsp3) is 0.692. The molecule has 1 aliphatic rings. The van der Waals surface area contributed by atoms with E-state index in [0.29, 0.717) is 13.2 Å². The predicted octanol–water partition coefficient (Wildman–Crippen LogP) is 1.94. The first-order chi connectivity index (χ1) is 8.90. The molecule has 2 N–H and O–H groups in total. The van der Waals surface area contributed by atoms with Crippen LogP contribution in [0.5, 0.6) is 0 Å². The minimum Gasteiger partial charge on any atom is -0.366 e. The Morgan fingerprint density at radius 2 is 2.10 bits per heavy atom. The van der Waals surface area contributed by atoms with Gasteiger partial charge in [0, 0.05) is 18.0 Å². The van der Waals surface area contributed by atoms with E-state index in [-0.39, 0.29) is 30.7 Å². The molecule has 0 aliphatic carbocycles. The summed E-state index contributed by atoms with van der Waals surface area (Å²) in [6.07, 6.45) is -0.407. The van der Waals surface area contributed by atoms with Gasteiger partial charge in [0.05, 0.1) is 17.8 Å². The van der Waals surface area contributed by atoms with Crippen LogP contribution in [-0.4, -0.2) is 36.7 Å². The van der Waals surface area contributed by atoms with Crippen LogP contribution in [0.3, 0.4) is 0 Å². The Bertz CT molecular complexity index is 454. The number of amides is 1. The smallest absolute Gasteiger partial charge is 0.251 e. The van der Waals surface area contributed by atoms with Crippen LogP contribution in [0.2, 0.25) is 0 Å². The average Bonchev–Trinajstić information content (AvgIpc) is 2.71. The van der Waals surface area contributed by atoms with Crippen molar-refractivity contribution >= 4 is 42.1 Å². The molecule has 1 saturated heterocycles. The highest BCUT2D eigenvalue weighted by molar-refractivity contribution is 7.11. The number of aryl methyl sites for hydroxylation is 2. The Morgan fingerprint density at radius 1 is 1.43 bits per heavy atom. The molecule has 2 rings (SSSR count). The summed E-state index contributed by atoms with van der Waals surface area (Å²) in [6, 6.07) is 0. The molecule has 1 atom stereocenters. The van der Waals surface area contributed by atoms with Gasteiger partial charge in [-0.3, -0.25) is 4.79 Å². The largest absolute Gasteiger partial charge is 0.366 e. The summed E-state index contributed by atoms with van der Waals surface area (Å²) in [5, 5.41) is 7.11. The van der Waals surface area contributed by atoms with Crippen molar-refractivity contribution < 1.29 is 9.53 Å². The van der Waals surface area contributed by atoms with Crippen LogP contribution in [-0.2, 0) is 15.1 Å².